The lowest BCUT2D eigenvalue weighted by Gasteiger charge is -2.07. The molecule has 8 heteroatoms. The van der Waals surface area contributed by atoms with Crippen molar-refractivity contribution >= 4 is 52.1 Å². The third-order valence-electron chi connectivity index (χ3n) is 4.53. The zero-order valence-corrected chi connectivity index (χ0v) is 17.3. The molecule has 0 radical (unpaired) electrons. The van der Waals surface area contributed by atoms with Gasteiger partial charge < -0.3 is 10.6 Å². The molecule has 1 heterocycles. The number of halogens is 1. The largest absolute Gasteiger partial charge is 0.359 e. The zero-order valence-electron chi connectivity index (χ0n) is 15.7. The van der Waals surface area contributed by atoms with Crippen LogP contribution in [0.25, 0.3) is 5.57 Å². The first-order chi connectivity index (χ1) is 14.6. The van der Waals surface area contributed by atoms with Gasteiger partial charge in [-0.2, -0.15) is 0 Å². The summed E-state index contributed by atoms with van der Waals surface area (Å²) >= 11 is 7.40. The number of benzene rings is 3. The number of hydrogen-bond donors (Lipinski definition) is 3. The molecule has 0 unspecified atom stereocenters. The minimum atomic E-state index is -0.203. The maximum Gasteiger partial charge on any atom is 0.257 e. The number of amides is 1. The lowest BCUT2D eigenvalue weighted by molar-refractivity contribution is -0.110. The van der Waals surface area contributed by atoms with E-state index in [0.29, 0.717) is 22.8 Å². The summed E-state index contributed by atoms with van der Waals surface area (Å²) in [7, 11) is 0. The van der Waals surface area contributed by atoms with E-state index in [0.717, 1.165) is 21.7 Å². The molecular formula is C22H17ClN4O2S. The Bertz CT molecular complexity index is 1130. The number of nitrogens with zero attached hydrogens (tertiary/aromatic N) is 1. The minimum absolute atomic E-state index is 0.203. The first-order valence-electron chi connectivity index (χ1n) is 9.13. The molecule has 0 saturated heterocycles. The third kappa shape index (κ3) is 4.54. The van der Waals surface area contributed by atoms with Crippen molar-refractivity contribution < 1.29 is 4.79 Å². The predicted molar refractivity (Wildman–Crippen MR) is 123 cm³/mol. The van der Waals surface area contributed by atoms with Gasteiger partial charge >= 0.3 is 0 Å². The molecule has 3 N–H and O–H groups in total. The maximum absolute atomic E-state index is 12.4. The summed E-state index contributed by atoms with van der Waals surface area (Å²) in [5.74, 6) is -0.203. The summed E-state index contributed by atoms with van der Waals surface area (Å²) in [6.45, 7) is 0.676. The molecule has 0 aromatic heterocycles. The third-order valence-corrected chi connectivity index (χ3v) is 5.56. The summed E-state index contributed by atoms with van der Waals surface area (Å²) in [6.07, 6.45) is 1.60. The fourth-order valence-corrected chi connectivity index (χ4v) is 3.85. The molecule has 1 amide bonds. The molecule has 0 atom stereocenters. The van der Waals surface area contributed by atoms with Crippen LogP contribution in [0.5, 0.6) is 0 Å². The van der Waals surface area contributed by atoms with Crippen molar-refractivity contribution in [2.24, 2.45) is 5.18 Å². The lowest BCUT2D eigenvalue weighted by atomic mass is 10.1. The van der Waals surface area contributed by atoms with E-state index in [1.807, 2.05) is 42.5 Å². The molecule has 3 aromatic carbocycles. The summed E-state index contributed by atoms with van der Waals surface area (Å²) in [6, 6.07) is 20.3. The van der Waals surface area contributed by atoms with Gasteiger partial charge in [0.05, 0.1) is 11.3 Å². The van der Waals surface area contributed by atoms with Gasteiger partial charge in [0.25, 0.3) is 5.91 Å². The SMILES string of the molecule is O=Nc1ccccc1N/C=C1\C(=O)Nc2ccc(SNCc3ccc(Cl)cc3)cc21. The van der Waals surface area contributed by atoms with E-state index in [2.05, 4.69) is 20.5 Å². The van der Waals surface area contributed by atoms with E-state index in [1.165, 1.54) is 11.9 Å². The second-order valence-corrected chi connectivity index (χ2v) is 7.92. The Morgan fingerprint density at radius 2 is 1.87 bits per heavy atom. The van der Waals surface area contributed by atoms with Gasteiger partial charge in [0.15, 0.2) is 0 Å². The number of anilines is 2. The van der Waals surface area contributed by atoms with Gasteiger partial charge in [-0.3, -0.25) is 9.52 Å². The smallest absolute Gasteiger partial charge is 0.257 e. The minimum Gasteiger partial charge on any atom is -0.359 e. The average Bonchev–Trinajstić information content (AvgIpc) is 3.08. The molecule has 0 fully saturated rings. The number of carbonyl (C=O) groups is 1. The molecule has 6 nitrogen and oxygen atoms in total. The fourth-order valence-electron chi connectivity index (χ4n) is 3.00. The number of nitrogens with one attached hydrogen (secondary N) is 3. The summed E-state index contributed by atoms with van der Waals surface area (Å²) < 4.78 is 3.31. The first-order valence-corrected chi connectivity index (χ1v) is 10.3. The highest BCUT2D eigenvalue weighted by Gasteiger charge is 2.24. The molecule has 3 aromatic rings. The van der Waals surface area contributed by atoms with Crippen LogP contribution in [0.4, 0.5) is 17.1 Å². The monoisotopic (exact) mass is 436 g/mol. The maximum atomic E-state index is 12.4. The van der Waals surface area contributed by atoms with Crippen LogP contribution in [0.15, 0.2) is 83.0 Å². The van der Waals surface area contributed by atoms with E-state index in [1.54, 1.807) is 30.5 Å². The van der Waals surface area contributed by atoms with Crippen LogP contribution in [0.1, 0.15) is 11.1 Å². The normalized spacial score (nSPS) is 13.8. The molecule has 4 rings (SSSR count). The van der Waals surface area contributed by atoms with Crippen LogP contribution in [0.3, 0.4) is 0 Å². The van der Waals surface area contributed by atoms with Crippen molar-refractivity contribution in [1.82, 2.24) is 4.72 Å². The molecular weight excluding hydrogens is 420 g/mol. The Labute approximate surface area is 182 Å². The second-order valence-electron chi connectivity index (χ2n) is 6.52. The topological polar surface area (TPSA) is 82.6 Å². The quantitative estimate of drug-likeness (QED) is 0.242. The average molecular weight is 437 g/mol. The van der Waals surface area contributed by atoms with Crippen molar-refractivity contribution in [2.45, 2.75) is 11.4 Å². The Morgan fingerprint density at radius 3 is 2.67 bits per heavy atom. The molecule has 0 aliphatic carbocycles. The van der Waals surface area contributed by atoms with Gasteiger partial charge in [0.2, 0.25) is 0 Å². The highest BCUT2D eigenvalue weighted by molar-refractivity contribution is 7.97. The van der Waals surface area contributed by atoms with Crippen molar-refractivity contribution in [3.05, 3.63) is 94.0 Å². The van der Waals surface area contributed by atoms with Crippen molar-refractivity contribution in [1.29, 1.82) is 0 Å². The lowest BCUT2D eigenvalue weighted by Crippen LogP contribution is -2.05. The number of rotatable bonds is 7. The van der Waals surface area contributed by atoms with Gasteiger partial charge in [-0.05, 0) is 65.2 Å². The van der Waals surface area contributed by atoms with Crippen molar-refractivity contribution in [3.8, 4) is 0 Å². The number of nitroso groups, excluding NO2 is 1. The molecule has 1 aliphatic rings. The number of fused-ring (bicyclic) bond motifs is 1. The van der Waals surface area contributed by atoms with Crippen LogP contribution < -0.4 is 15.4 Å². The first kappa shape index (κ1) is 20.2. The molecule has 30 heavy (non-hydrogen) atoms. The van der Waals surface area contributed by atoms with Gasteiger partial charge in [-0.25, -0.2) is 0 Å². The standard InChI is InChI=1S/C22H17ClN4O2S/c23-15-7-5-14(6-8-15)12-25-30-16-9-10-19-17(11-16)18(22(28)26-19)13-24-20-3-1-2-4-21(20)27-29/h1-11,13,24-25H,12H2,(H,26,28)/b18-13-. The van der Waals surface area contributed by atoms with E-state index >= 15 is 0 Å². The van der Waals surface area contributed by atoms with Crippen LogP contribution in [-0.2, 0) is 11.3 Å². The number of carbonyl (C=O) groups excluding carboxylic acids is 1. The second kappa shape index (κ2) is 9.13. The van der Waals surface area contributed by atoms with Crippen LogP contribution >= 0.6 is 23.5 Å². The van der Waals surface area contributed by atoms with Crippen LogP contribution in [0.2, 0.25) is 5.02 Å². The molecule has 150 valence electrons. The van der Waals surface area contributed by atoms with Crippen molar-refractivity contribution in [3.63, 3.8) is 0 Å². The van der Waals surface area contributed by atoms with E-state index in [4.69, 9.17) is 11.6 Å². The fraction of sp³-hybridized carbons (Fsp3) is 0.0455. The Kier molecular flexibility index (Phi) is 6.13. The van der Waals surface area contributed by atoms with Gasteiger partial charge in [-0.15, -0.1) is 4.91 Å². The predicted octanol–water partition coefficient (Wildman–Crippen LogP) is 5.94. The van der Waals surface area contributed by atoms with Crippen LogP contribution in [-0.4, -0.2) is 5.91 Å². The number of para-hydroxylation sites is 1. The Morgan fingerprint density at radius 1 is 1.07 bits per heavy atom. The Balaban J connectivity index is 1.48. The molecule has 1 aliphatic heterocycles. The van der Waals surface area contributed by atoms with Gasteiger partial charge in [-0.1, -0.05) is 35.9 Å². The summed E-state index contributed by atoms with van der Waals surface area (Å²) in [5, 5.41) is 9.57. The highest BCUT2D eigenvalue weighted by Crippen LogP contribution is 2.35. The van der Waals surface area contributed by atoms with Crippen LogP contribution in [0, 0.1) is 4.91 Å². The van der Waals surface area contributed by atoms with Gasteiger partial charge in [0.1, 0.15) is 5.69 Å². The van der Waals surface area contributed by atoms with E-state index < -0.39 is 0 Å². The van der Waals surface area contributed by atoms with E-state index in [9.17, 15) is 9.70 Å². The van der Waals surface area contributed by atoms with E-state index in [-0.39, 0.29) is 11.6 Å². The molecule has 0 spiro atoms. The summed E-state index contributed by atoms with van der Waals surface area (Å²) in [4.78, 5) is 24.3. The zero-order chi connectivity index (χ0) is 20.9. The highest BCUT2D eigenvalue weighted by atomic mass is 35.5. The molecule has 0 bridgehead atoms. The Hall–Kier alpha value is -3.13. The van der Waals surface area contributed by atoms with Gasteiger partial charge in [0, 0.05) is 33.9 Å². The van der Waals surface area contributed by atoms with Crippen molar-refractivity contribution in [2.75, 3.05) is 10.6 Å². The molecule has 0 saturated carbocycles. The number of hydrogen-bond acceptors (Lipinski definition) is 6. The summed E-state index contributed by atoms with van der Waals surface area (Å²) in [5.41, 5.74) is 3.97.